The Kier molecular flexibility index (Phi) is 7.42. The smallest absolute Gasteiger partial charge is 0.335 e. The first kappa shape index (κ1) is 27.8. The standard InChI is InChI=1S/C34H39FO3/c1-32(2)17-18-33(3,4)30-25(21-34(5,6)26-12-14-27(35)15-13-26)19-24(20-28(30)32)29(36)16-9-22-7-10-23(11-8-22)31(37)38/h7-16,19-20,29,36H,17-18,21H2,1-6H3,(H,37,38). The summed E-state index contributed by atoms with van der Waals surface area (Å²) in [6.07, 6.45) is 5.69. The molecule has 0 saturated carbocycles. The van der Waals surface area contributed by atoms with Crippen LogP contribution in [0.3, 0.4) is 0 Å². The number of aliphatic hydroxyl groups is 1. The van der Waals surface area contributed by atoms with E-state index in [4.69, 9.17) is 5.11 Å². The Hall–Kier alpha value is -3.24. The molecule has 1 aliphatic carbocycles. The maximum Gasteiger partial charge on any atom is 0.335 e. The molecular formula is C34H39FO3. The van der Waals surface area contributed by atoms with E-state index in [0.29, 0.717) is 0 Å². The average molecular weight is 515 g/mol. The minimum Gasteiger partial charge on any atom is -0.478 e. The predicted octanol–water partition coefficient (Wildman–Crippen LogP) is 8.14. The first-order valence-electron chi connectivity index (χ1n) is 13.3. The number of hydrogen-bond acceptors (Lipinski definition) is 2. The van der Waals surface area contributed by atoms with E-state index in [2.05, 4.69) is 53.7 Å². The van der Waals surface area contributed by atoms with Crippen molar-refractivity contribution in [1.82, 2.24) is 0 Å². The van der Waals surface area contributed by atoms with Crippen molar-refractivity contribution in [3.05, 3.63) is 112 Å². The van der Waals surface area contributed by atoms with Gasteiger partial charge in [0.05, 0.1) is 11.7 Å². The van der Waals surface area contributed by atoms with E-state index in [9.17, 15) is 14.3 Å². The number of halogens is 1. The van der Waals surface area contributed by atoms with E-state index in [1.807, 2.05) is 18.2 Å². The first-order chi connectivity index (χ1) is 17.7. The van der Waals surface area contributed by atoms with E-state index in [-0.39, 0.29) is 27.6 Å². The molecule has 2 N–H and O–H groups in total. The molecule has 3 aromatic carbocycles. The lowest BCUT2D eigenvalue weighted by atomic mass is 9.60. The van der Waals surface area contributed by atoms with E-state index in [1.165, 1.54) is 28.8 Å². The highest BCUT2D eigenvalue weighted by molar-refractivity contribution is 5.87. The predicted molar refractivity (Wildman–Crippen MR) is 152 cm³/mol. The highest BCUT2D eigenvalue weighted by Crippen LogP contribution is 2.49. The van der Waals surface area contributed by atoms with Gasteiger partial charge in [0.25, 0.3) is 0 Å². The van der Waals surface area contributed by atoms with Crippen molar-refractivity contribution in [2.75, 3.05) is 0 Å². The zero-order valence-electron chi connectivity index (χ0n) is 23.3. The SMILES string of the molecule is CC(C)(Cc1cc(C(O)C=Cc2ccc(C(=O)O)cc2)cc2c1C(C)(C)CCC2(C)C)c1ccc(F)cc1. The summed E-state index contributed by atoms with van der Waals surface area (Å²) in [5.74, 6) is -1.20. The van der Waals surface area contributed by atoms with Gasteiger partial charge in [-0.1, -0.05) is 90.1 Å². The Morgan fingerprint density at radius 1 is 0.974 bits per heavy atom. The molecule has 0 saturated heterocycles. The maximum absolute atomic E-state index is 13.6. The van der Waals surface area contributed by atoms with Gasteiger partial charge in [-0.15, -0.1) is 0 Å². The summed E-state index contributed by atoms with van der Waals surface area (Å²) >= 11 is 0. The molecule has 0 spiro atoms. The number of fused-ring (bicyclic) bond motifs is 1. The van der Waals surface area contributed by atoms with Gasteiger partial charge in [-0.2, -0.15) is 0 Å². The normalized spacial score (nSPS) is 17.3. The van der Waals surface area contributed by atoms with Crippen molar-refractivity contribution >= 4 is 12.0 Å². The first-order valence-corrected chi connectivity index (χ1v) is 13.3. The van der Waals surface area contributed by atoms with E-state index >= 15 is 0 Å². The van der Waals surface area contributed by atoms with Crippen LogP contribution < -0.4 is 0 Å². The van der Waals surface area contributed by atoms with Crippen LogP contribution in [-0.2, 0) is 22.7 Å². The van der Waals surface area contributed by atoms with Crippen molar-refractivity contribution in [3.63, 3.8) is 0 Å². The number of benzene rings is 3. The minimum absolute atomic E-state index is 0.00424. The van der Waals surface area contributed by atoms with Gasteiger partial charge in [0.1, 0.15) is 5.82 Å². The topological polar surface area (TPSA) is 57.5 Å². The summed E-state index contributed by atoms with van der Waals surface area (Å²) in [6.45, 7) is 13.6. The van der Waals surface area contributed by atoms with Gasteiger partial charge in [0.15, 0.2) is 0 Å². The molecule has 38 heavy (non-hydrogen) atoms. The number of aromatic carboxylic acids is 1. The quantitative estimate of drug-likeness (QED) is 0.335. The highest BCUT2D eigenvalue weighted by Gasteiger charge is 2.40. The molecule has 3 aromatic rings. The fraction of sp³-hybridized carbons (Fsp3) is 0.382. The fourth-order valence-corrected chi connectivity index (χ4v) is 5.78. The molecule has 0 amide bonds. The van der Waals surface area contributed by atoms with Gasteiger partial charge >= 0.3 is 5.97 Å². The average Bonchev–Trinajstić information content (AvgIpc) is 2.85. The van der Waals surface area contributed by atoms with Crippen LogP contribution >= 0.6 is 0 Å². The van der Waals surface area contributed by atoms with Crippen molar-refractivity contribution in [2.24, 2.45) is 0 Å². The Bertz CT molecular complexity index is 1350. The number of carbonyl (C=O) groups is 1. The molecule has 0 radical (unpaired) electrons. The Balaban J connectivity index is 1.76. The molecule has 1 unspecified atom stereocenters. The zero-order valence-corrected chi connectivity index (χ0v) is 23.3. The van der Waals surface area contributed by atoms with Gasteiger partial charge < -0.3 is 10.2 Å². The van der Waals surface area contributed by atoms with Crippen LogP contribution in [-0.4, -0.2) is 16.2 Å². The summed E-state index contributed by atoms with van der Waals surface area (Å²) < 4.78 is 13.6. The largest absolute Gasteiger partial charge is 0.478 e. The fourth-order valence-electron chi connectivity index (χ4n) is 5.78. The summed E-state index contributed by atoms with van der Waals surface area (Å²) in [6, 6.07) is 17.7. The third-order valence-electron chi connectivity index (χ3n) is 8.25. The van der Waals surface area contributed by atoms with Crippen LogP contribution in [0.25, 0.3) is 6.08 Å². The molecule has 1 atom stereocenters. The molecule has 200 valence electrons. The minimum atomic E-state index is -0.962. The van der Waals surface area contributed by atoms with Crippen LogP contribution in [0.2, 0.25) is 0 Å². The molecule has 0 aliphatic heterocycles. The highest BCUT2D eigenvalue weighted by atomic mass is 19.1. The van der Waals surface area contributed by atoms with Crippen molar-refractivity contribution in [2.45, 2.75) is 83.2 Å². The number of rotatable bonds is 7. The molecule has 0 heterocycles. The summed E-state index contributed by atoms with van der Waals surface area (Å²) in [5.41, 5.74) is 6.61. The molecule has 1 aliphatic rings. The Morgan fingerprint density at radius 2 is 1.58 bits per heavy atom. The lowest BCUT2D eigenvalue weighted by Crippen LogP contribution is -2.36. The second-order valence-electron chi connectivity index (χ2n) is 12.7. The number of aliphatic hydroxyl groups excluding tert-OH is 1. The third kappa shape index (κ3) is 5.76. The summed E-state index contributed by atoms with van der Waals surface area (Å²) in [7, 11) is 0. The van der Waals surface area contributed by atoms with Crippen LogP contribution in [0.15, 0.2) is 66.7 Å². The number of carboxylic acid groups (broad SMARTS) is 1. The Labute approximate surface area is 226 Å². The monoisotopic (exact) mass is 514 g/mol. The zero-order chi connectivity index (χ0) is 27.9. The molecule has 0 aromatic heterocycles. The Morgan fingerprint density at radius 3 is 2.18 bits per heavy atom. The van der Waals surface area contributed by atoms with E-state index in [0.717, 1.165) is 36.0 Å². The van der Waals surface area contributed by atoms with Gasteiger partial charge in [0.2, 0.25) is 0 Å². The van der Waals surface area contributed by atoms with Gasteiger partial charge in [0, 0.05) is 0 Å². The van der Waals surface area contributed by atoms with Crippen LogP contribution in [0.1, 0.15) is 104 Å². The summed E-state index contributed by atoms with van der Waals surface area (Å²) in [4.78, 5) is 11.1. The van der Waals surface area contributed by atoms with Crippen LogP contribution in [0, 0.1) is 5.82 Å². The lowest BCUT2D eigenvalue weighted by Gasteiger charge is -2.44. The van der Waals surface area contributed by atoms with Crippen molar-refractivity contribution in [3.8, 4) is 0 Å². The second-order valence-corrected chi connectivity index (χ2v) is 12.7. The van der Waals surface area contributed by atoms with E-state index < -0.39 is 12.1 Å². The molecule has 4 heteroatoms. The van der Waals surface area contributed by atoms with Crippen LogP contribution in [0.5, 0.6) is 0 Å². The van der Waals surface area contributed by atoms with Gasteiger partial charge in [-0.05, 0) is 93.2 Å². The van der Waals surface area contributed by atoms with Crippen molar-refractivity contribution < 1.29 is 19.4 Å². The van der Waals surface area contributed by atoms with Gasteiger partial charge in [-0.25, -0.2) is 9.18 Å². The maximum atomic E-state index is 13.6. The molecular weight excluding hydrogens is 475 g/mol. The molecule has 4 rings (SSSR count). The molecule has 3 nitrogen and oxygen atoms in total. The van der Waals surface area contributed by atoms with Crippen LogP contribution in [0.4, 0.5) is 4.39 Å². The second kappa shape index (κ2) is 10.1. The number of carboxylic acids is 1. The van der Waals surface area contributed by atoms with Crippen molar-refractivity contribution in [1.29, 1.82) is 0 Å². The van der Waals surface area contributed by atoms with Gasteiger partial charge in [-0.3, -0.25) is 0 Å². The van der Waals surface area contributed by atoms with E-state index in [1.54, 1.807) is 30.3 Å². The lowest BCUT2D eigenvalue weighted by molar-refractivity contribution is 0.0697. The molecule has 0 fully saturated rings. The third-order valence-corrected chi connectivity index (χ3v) is 8.25. The number of hydrogen-bond donors (Lipinski definition) is 2. The molecule has 0 bridgehead atoms. The summed E-state index contributed by atoms with van der Waals surface area (Å²) in [5, 5.41) is 20.4.